The number of hydrogen-bond donors (Lipinski definition) is 1. The van der Waals surface area contributed by atoms with Crippen molar-refractivity contribution in [2.45, 2.75) is 59.4 Å². The van der Waals surface area contributed by atoms with Crippen LogP contribution in [0.3, 0.4) is 0 Å². The largest absolute Gasteiger partial charge is 0.366 e. The highest BCUT2D eigenvalue weighted by Gasteiger charge is 2.35. The van der Waals surface area contributed by atoms with Gasteiger partial charge in [0.1, 0.15) is 12.1 Å². The number of nitrogens with zero attached hydrogens (tertiary/aromatic N) is 3. The van der Waals surface area contributed by atoms with Crippen molar-refractivity contribution in [2.24, 2.45) is 5.92 Å². The average molecular weight is 354 g/mol. The van der Waals surface area contributed by atoms with E-state index < -0.39 is 0 Å². The van der Waals surface area contributed by atoms with E-state index in [1.54, 1.807) is 6.33 Å². The molecule has 1 aromatic heterocycles. The van der Waals surface area contributed by atoms with Crippen LogP contribution in [0.25, 0.3) is 0 Å². The third-order valence-corrected chi connectivity index (χ3v) is 5.06. The molecule has 5 nitrogen and oxygen atoms in total. The van der Waals surface area contributed by atoms with Gasteiger partial charge in [0, 0.05) is 24.6 Å². The predicted octanol–water partition coefficient (Wildman–Crippen LogP) is 3.88. The van der Waals surface area contributed by atoms with Crippen molar-refractivity contribution in [1.29, 1.82) is 0 Å². The number of fused-ring (bicyclic) bond motifs is 1. The normalized spacial score (nSPS) is 16.9. The molecule has 1 saturated carbocycles. The van der Waals surface area contributed by atoms with Gasteiger partial charge in [0.15, 0.2) is 0 Å². The standard InChI is InChI=1S/C21H30N4O/c1-15(2)5-4-6-16(3)9-11-22-20-18-10-12-25(21(26)17-7-8-17)13-19(18)23-14-24-20/h5,9,14,17H,4,6-8,10-13H2,1-3H3,(H,22,23,24)/b16-9+. The molecule has 26 heavy (non-hydrogen) atoms. The van der Waals surface area contributed by atoms with Gasteiger partial charge < -0.3 is 10.2 Å². The van der Waals surface area contributed by atoms with Gasteiger partial charge in [-0.25, -0.2) is 9.97 Å². The van der Waals surface area contributed by atoms with Crippen LogP contribution < -0.4 is 5.32 Å². The second-order valence-corrected chi connectivity index (χ2v) is 7.68. The molecule has 0 radical (unpaired) electrons. The average Bonchev–Trinajstić information content (AvgIpc) is 3.45. The summed E-state index contributed by atoms with van der Waals surface area (Å²) in [5.74, 6) is 1.50. The van der Waals surface area contributed by atoms with E-state index in [0.717, 1.165) is 56.7 Å². The van der Waals surface area contributed by atoms with E-state index in [9.17, 15) is 4.79 Å². The molecule has 0 spiro atoms. The summed E-state index contributed by atoms with van der Waals surface area (Å²) in [6, 6.07) is 0. The monoisotopic (exact) mass is 354 g/mol. The van der Waals surface area contributed by atoms with Crippen LogP contribution in [-0.4, -0.2) is 33.9 Å². The Morgan fingerprint density at radius 2 is 2.08 bits per heavy atom. The number of rotatable bonds is 7. The Hall–Kier alpha value is -2.17. The Morgan fingerprint density at radius 3 is 2.81 bits per heavy atom. The molecule has 2 heterocycles. The Balaban J connectivity index is 1.56. The van der Waals surface area contributed by atoms with Crippen LogP contribution in [0.2, 0.25) is 0 Å². The number of allylic oxidation sites excluding steroid dienone is 3. The maximum Gasteiger partial charge on any atom is 0.226 e. The van der Waals surface area contributed by atoms with Crippen LogP contribution in [0.5, 0.6) is 0 Å². The molecule has 0 aromatic carbocycles. The van der Waals surface area contributed by atoms with Gasteiger partial charge in [-0.2, -0.15) is 0 Å². The molecule has 0 saturated heterocycles. The molecule has 1 fully saturated rings. The Kier molecular flexibility index (Phi) is 6.07. The highest BCUT2D eigenvalue weighted by molar-refractivity contribution is 5.81. The molecule has 0 unspecified atom stereocenters. The topological polar surface area (TPSA) is 58.1 Å². The number of carbonyl (C=O) groups excluding carboxylic acids is 1. The summed E-state index contributed by atoms with van der Waals surface area (Å²) in [6.45, 7) is 8.63. The molecule has 3 rings (SSSR count). The molecule has 1 aliphatic carbocycles. The van der Waals surface area contributed by atoms with Crippen molar-refractivity contribution in [2.75, 3.05) is 18.4 Å². The maximum atomic E-state index is 12.3. The zero-order valence-corrected chi connectivity index (χ0v) is 16.2. The minimum absolute atomic E-state index is 0.274. The number of aromatic nitrogens is 2. The third-order valence-electron chi connectivity index (χ3n) is 5.06. The number of anilines is 1. The van der Waals surface area contributed by atoms with E-state index in [4.69, 9.17) is 0 Å². The van der Waals surface area contributed by atoms with Gasteiger partial charge in [-0.1, -0.05) is 23.3 Å². The van der Waals surface area contributed by atoms with Crippen LogP contribution in [0.4, 0.5) is 5.82 Å². The summed E-state index contributed by atoms with van der Waals surface area (Å²) >= 11 is 0. The Labute approximate surface area is 156 Å². The summed E-state index contributed by atoms with van der Waals surface area (Å²) < 4.78 is 0. The number of nitrogens with one attached hydrogen (secondary N) is 1. The summed E-state index contributed by atoms with van der Waals surface area (Å²) in [6.07, 6.45) is 11.2. The molecule has 1 aliphatic heterocycles. The first-order valence-electron chi connectivity index (χ1n) is 9.69. The molecular formula is C21H30N4O. The van der Waals surface area contributed by atoms with Gasteiger partial charge in [-0.3, -0.25) is 4.79 Å². The third kappa shape index (κ3) is 4.93. The first-order valence-corrected chi connectivity index (χ1v) is 9.69. The van der Waals surface area contributed by atoms with Crippen molar-refractivity contribution in [3.63, 3.8) is 0 Å². The van der Waals surface area contributed by atoms with Crippen molar-refractivity contribution >= 4 is 11.7 Å². The molecule has 0 atom stereocenters. The second kappa shape index (κ2) is 8.47. The summed E-state index contributed by atoms with van der Waals surface area (Å²) in [4.78, 5) is 23.1. The van der Waals surface area contributed by atoms with Crippen molar-refractivity contribution in [3.8, 4) is 0 Å². The molecule has 5 heteroatoms. The lowest BCUT2D eigenvalue weighted by Crippen LogP contribution is -2.37. The van der Waals surface area contributed by atoms with Gasteiger partial charge in [-0.05, 0) is 52.9 Å². The van der Waals surface area contributed by atoms with E-state index in [2.05, 4.69) is 48.2 Å². The van der Waals surface area contributed by atoms with Crippen LogP contribution >= 0.6 is 0 Å². The van der Waals surface area contributed by atoms with Gasteiger partial charge in [-0.15, -0.1) is 0 Å². The fraction of sp³-hybridized carbons (Fsp3) is 0.571. The molecule has 0 bridgehead atoms. The van der Waals surface area contributed by atoms with Gasteiger partial charge in [0.25, 0.3) is 0 Å². The van der Waals surface area contributed by atoms with E-state index in [-0.39, 0.29) is 5.92 Å². The minimum atomic E-state index is 0.274. The van der Waals surface area contributed by atoms with Gasteiger partial charge >= 0.3 is 0 Å². The highest BCUT2D eigenvalue weighted by Crippen LogP contribution is 2.33. The lowest BCUT2D eigenvalue weighted by atomic mass is 10.0. The SMILES string of the molecule is CC(C)=CCC/C(C)=C/CNc1ncnc2c1CCN(C(=O)C1CC1)C2. The maximum absolute atomic E-state index is 12.3. The molecule has 2 aliphatic rings. The lowest BCUT2D eigenvalue weighted by molar-refractivity contribution is -0.133. The van der Waals surface area contributed by atoms with Crippen LogP contribution in [-0.2, 0) is 17.8 Å². The quantitative estimate of drug-likeness (QED) is 0.755. The van der Waals surface area contributed by atoms with Crippen molar-refractivity contribution < 1.29 is 4.79 Å². The van der Waals surface area contributed by atoms with Crippen LogP contribution in [0.15, 0.2) is 29.6 Å². The fourth-order valence-electron chi connectivity index (χ4n) is 3.30. The Bertz CT molecular complexity index is 715. The van der Waals surface area contributed by atoms with Crippen LogP contribution in [0.1, 0.15) is 57.7 Å². The van der Waals surface area contributed by atoms with Crippen molar-refractivity contribution in [3.05, 3.63) is 40.9 Å². The molecular weight excluding hydrogens is 324 g/mol. The first-order chi connectivity index (χ1) is 12.5. The lowest BCUT2D eigenvalue weighted by Gasteiger charge is -2.29. The fourth-order valence-corrected chi connectivity index (χ4v) is 3.30. The van der Waals surface area contributed by atoms with Gasteiger partial charge in [0.2, 0.25) is 5.91 Å². The summed E-state index contributed by atoms with van der Waals surface area (Å²) in [7, 11) is 0. The Morgan fingerprint density at radius 1 is 1.27 bits per heavy atom. The van der Waals surface area contributed by atoms with E-state index >= 15 is 0 Å². The second-order valence-electron chi connectivity index (χ2n) is 7.68. The smallest absolute Gasteiger partial charge is 0.226 e. The first kappa shape index (κ1) is 18.6. The zero-order valence-electron chi connectivity index (χ0n) is 16.2. The van der Waals surface area contributed by atoms with E-state index in [1.165, 1.54) is 16.7 Å². The predicted molar refractivity (Wildman–Crippen MR) is 105 cm³/mol. The zero-order chi connectivity index (χ0) is 18.5. The van der Waals surface area contributed by atoms with E-state index in [0.29, 0.717) is 12.5 Å². The van der Waals surface area contributed by atoms with Crippen LogP contribution in [0, 0.1) is 5.92 Å². The highest BCUT2D eigenvalue weighted by atomic mass is 16.2. The molecule has 1 aromatic rings. The molecule has 1 amide bonds. The molecule has 1 N–H and O–H groups in total. The summed E-state index contributed by atoms with van der Waals surface area (Å²) in [5.41, 5.74) is 4.92. The van der Waals surface area contributed by atoms with Gasteiger partial charge in [0.05, 0.1) is 12.2 Å². The minimum Gasteiger partial charge on any atom is -0.366 e. The van der Waals surface area contributed by atoms with Crippen molar-refractivity contribution in [1.82, 2.24) is 14.9 Å². The summed E-state index contributed by atoms with van der Waals surface area (Å²) in [5, 5.41) is 3.44. The number of hydrogen-bond acceptors (Lipinski definition) is 4. The molecule has 140 valence electrons. The van der Waals surface area contributed by atoms with E-state index in [1.807, 2.05) is 4.90 Å². The number of carbonyl (C=O) groups is 1. The number of amides is 1.